The predicted molar refractivity (Wildman–Crippen MR) is 49.7 cm³/mol. The van der Waals surface area contributed by atoms with Crippen molar-refractivity contribution in [2.24, 2.45) is 5.73 Å². The molecule has 9 heteroatoms. The maximum absolute atomic E-state index is 12.7. The topological polar surface area (TPSA) is 68.4 Å². The molecule has 3 N–H and O–H groups in total. The summed E-state index contributed by atoms with van der Waals surface area (Å²) in [5, 5.41) is 8.90. The second kappa shape index (κ2) is 5.44. The van der Waals surface area contributed by atoms with E-state index in [-0.39, 0.29) is 12.1 Å². The van der Waals surface area contributed by atoms with Crippen LogP contribution in [0.2, 0.25) is 0 Å². The van der Waals surface area contributed by atoms with Crippen molar-refractivity contribution >= 4 is 0 Å². The minimum atomic E-state index is -5.08. The zero-order valence-electron chi connectivity index (χ0n) is 8.84. The fraction of sp³-hybridized carbons (Fsp3) is 0.444. The lowest BCUT2D eigenvalue weighted by molar-refractivity contribution is -0.276. The number of nitrogens with two attached hydrogens (primary N) is 1. The standard InChI is InChI=1S/C9H9F5N2O2/c10-7(11)6-4(1-15)2-16-8(5(6)3-17)18-9(12,13)14/h2,7,17H,1,3,15H2. The first-order valence-corrected chi connectivity index (χ1v) is 4.65. The Morgan fingerprint density at radius 3 is 2.39 bits per heavy atom. The molecule has 0 aromatic carbocycles. The molecular formula is C9H9F5N2O2. The molecule has 102 valence electrons. The summed E-state index contributed by atoms with van der Waals surface area (Å²) in [6, 6.07) is 0. The Kier molecular flexibility index (Phi) is 4.41. The number of hydrogen-bond donors (Lipinski definition) is 2. The summed E-state index contributed by atoms with van der Waals surface area (Å²) in [6.07, 6.45) is -7.41. The van der Waals surface area contributed by atoms with Gasteiger partial charge in [0.05, 0.1) is 6.61 Å². The van der Waals surface area contributed by atoms with Crippen molar-refractivity contribution < 1.29 is 31.8 Å². The Morgan fingerprint density at radius 2 is 2.00 bits per heavy atom. The lowest BCUT2D eigenvalue weighted by atomic mass is 10.0. The molecule has 18 heavy (non-hydrogen) atoms. The van der Waals surface area contributed by atoms with Crippen LogP contribution in [0.5, 0.6) is 5.88 Å². The van der Waals surface area contributed by atoms with Crippen LogP contribution in [-0.4, -0.2) is 16.5 Å². The molecule has 0 spiro atoms. The number of aliphatic hydroxyl groups excluding tert-OH is 1. The number of rotatable bonds is 4. The van der Waals surface area contributed by atoms with Gasteiger partial charge in [0.15, 0.2) is 0 Å². The molecular weight excluding hydrogens is 263 g/mol. The van der Waals surface area contributed by atoms with Gasteiger partial charge in [-0.05, 0) is 5.56 Å². The number of hydrogen-bond acceptors (Lipinski definition) is 4. The lowest BCUT2D eigenvalue weighted by Gasteiger charge is -2.16. The molecule has 0 bridgehead atoms. The molecule has 0 saturated heterocycles. The maximum Gasteiger partial charge on any atom is 0.574 e. The van der Waals surface area contributed by atoms with Gasteiger partial charge in [0.2, 0.25) is 5.88 Å². The molecule has 4 nitrogen and oxygen atoms in total. The van der Waals surface area contributed by atoms with Crippen molar-refractivity contribution in [2.45, 2.75) is 25.9 Å². The van der Waals surface area contributed by atoms with Gasteiger partial charge in [-0.25, -0.2) is 13.8 Å². The van der Waals surface area contributed by atoms with Crippen molar-refractivity contribution in [3.8, 4) is 5.88 Å². The van der Waals surface area contributed by atoms with Gasteiger partial charge in [-0.1, -0.05) is 0 Å². The predicted octanol–water partition coefficient (Wildman–Crippen LogP) is 1.87. The van der Waals surface area contributed by atoms with Gasteiger partial charge in [0.25, 0.3) is 6.43 Å². The zero-order chi connectivity index (χ0) is 13.9. The van der Waals surface area contributed by atoms with Crippen molar-refractivity contribution in [3.63, 3.8) is 0 Å². The van der Waals surface area contributed by atoms with Crippen LogP contribution >= 0.6 is 0 Å². The number of aromatic nitrogens is 1. The molecule has 0 fully saturated rings. The van der Waals surface area contributed by atoms with Crippen LogP contribution in [0.15, 0.2) is 6.20 Å². The third-order valence-corrected chi connectivity index (χ3v) is 2.08. The Labute approximate surface area is 98.2 Å². The largest absolute Gasteiger partial charge is 0.574 e. The van der Waals surface area contributed by atoms with Gasteiger partial charge in [-0.3, -0.25) is 0 Å². The first-order chi connectivity index (χ1) is 8.30. The Balaban J connectivity index is 3.33. The van der Waals surface area contributed by atoms with Gasteiger partial charge in [-0.15, -0.1) is 13.2 Å². The molecule has 1 heterocycles. The van der Waals surface area contributed by atoms with Crippen molar-refractivity contribution in [1.82, 2.24) is 4.98 Å². The van der Waals surface area contributed by atoms with Crippen LogP contribution in [0.1, 0.15) is 23.1 Å². The molecule has 0 unspecified atom stereocenters. The summed E-state index contributed by atoms with van der Waals surface area (Å²) >= 11 is 0. The second-order valence-corrected chi connectivity index (χ2v) is 3.19. The summed E-state index contributed by atoms with van der Waals surface area (Å²) in [5.41, 5.74) is 3.52. The number of nitrogens with zero attached hydrogens (tertiary/aromatic N) is 1. The normalized spacial score (nSPS) is 12.0. The van der Waals surface area contributed by atoms with Gasteiger partial charge in [-0.2, -0.15) is 0 Å². The summed E-state index contributed by atoms with van der Waals surface area (Å²) in [6.45, 7) is -1.40. The first kappa shape index (κ1) is 14.6. The van der Waals surface area contributed by atoms with Crippen molar-refractivity contribution in [3.05, 3.63) is 22.9 Å². The van der Waals surface area contributed by atoms with Gasteiger partial charge in [0.1, 0.15) is 0 Å². The van der Waals surface area contributed by atoms with Crippen LogP contribution < -0.4 is 10.5 Å². The SMILES string of the molecule is NCc1cnc(OC(F)(F)F)c(CO)c1C(F)F. The monoisotopic (exact) mass is 272 g/mol. The molecule has 0 aliphatic rings. The molecule has 1 rings (SSSR count). The average molecular weight is 272 g/mol. The van der Waals surface area contributed by atoms with Crippen molar-refractivity contribution in [2.75, 3.05) is 0 Å². The highest BCUT2D eigenvalue weighted by molar-refractivity contribution is 5.40. The van der Waals surface area contributed by atoms with E-state index in [1.165, 1.54) is 0 Å². The molecule has 0 saturated carbocycles. The highest BCUT2D eigenvalue weighted by Crippen LogP contribution is 2.33. The average Bonchev–Trinajstić information content (AvgIpc) is 2.26. The molecule has 0 radical (unpaired) electrons. The highest BCUT2D eigenvalue weighted by Gasteiger charge is 2.34. The fourth-order valence-corrected chi connectivity index (χ4v) is 1.38. The van der Waals surface area contributed by atoms with E-state index in [0.29, 0.717) is 0 Å². The summed E-state index contributed by atoms with van der Waals surface area (Å²) in [5.74, 6) is -1.10. The van der Waals surface area contributed by atoms with Crippen LogP contribution in [0, 0.1) is 0 Å². The van der Waals surface area contributed by atoms with Gasteiger partial charge in [0, 0.05) is 23.9 Å². The van der Waals surface area contributed by atoms with Crippen LogP contribution in [0.3, 0.4) is 0 Å². The van der Waals surface area contributed by atoms with E-state index < -0.39 is 36.4 Å². The Morgan fingerprint density at radius 1 is 1.39 bits per heavy atom. The number of aliphatic hydroxyl groups is 1. The minimum Gasteiger partial charge on any atom is -0.391 e. The molecule has 1 aromatic heterocycles. The quantitative estimate of drug-likeness (QED) is 0.821. The van der Waals surface area contributed by atoms with Gasteiger partial charge < -0.3 is 15.6 Å². The molecule has 0 amide bonds. The number of pyridine rings is 1. The van der Waals surface area contributed by atoms with Crippen LogP contribution in [-0.2, 0) is 13.2 Å². The molecule has 1 aromatic rings. The first-order valence-electron chi connectivity index (χ1n) is 4.65. The van der Waals surface area contributed by atoms with E-state index in [9.17, 15) is 22.0 Å². The summed E-state index contributed by atoms with van der Waals surface area (Å²) in [4.78, 5) is 3.23. The maximum atomic E-state index is 12.7. The highest BCUT2D eigenvalue weighted by atomic mass is 19.4. The van der Waals surface area contributed by atoms with E-state index in [2.05, 4.69) is 9.72 Å². The minimum absolute atomic E-state index is 0.149. The van der Waals surface area contributed by atoms with Crippen LogP contribution in [0.4, 0.5) is 22.0 Å². The Hall–Kier alpha value is -1.48. The fourth-order valence-electron chi connectivity index (χ4n) is 1.38. The number of ether oxygens (including phenoxy) is 1. The van der Waals surface area contributed by atoms with E-state index in [4.69, 9.17) is 10.8 Å². The summed E-state index contributed by atoms with van der Waals surface area (Å²) < 4.78 is 65.0. The van der Waals surface area contributed by atoms with Crippen molar-refractivity contribution in [1.29, 1.82) is 0 Å². The lowest BCUT2D eigenvalue weighted by Crippen LogP contribution is -2.20. The third kappa shape index (κ3) is 3.26. The molecule has 0 atom stereocenters. The molecule has 0 aliphatic carbocycles. The second-order valence-electron chi connectivity index (χ2n) is 3.19. The number of halogens is 5. The van der Waals surface area contributed by atoms with E-state index in [1.807, 2.05) is 0 Å². The van der Waals surface area contributed by atoms with Gasteiger partial charge >= 0.3 is 6.36 Å². The van der Waals surface area contributed by atoms with E-state index in [0.717, 1.165) is 6.20 Å². The van der Waals surface area contributed by atoms with E-state index in [1.54, 1.807) is 0 Å². The zero-order valence-corrected chi connectivity index (χ0v) is 8.84. The third-order valence-electron chi connectivity index (χ3n) is 2.08. The van der Waals surface area contributed by atoms with E-state index >= 15 is 0 Å². The summed E-state index contributed by atoms with van der Waals surface area (Å²) in [7, 11) is 0. The number of alkyl halides is 5. The van der Waals surface area contributed by atoms with Crippen LogP contribution in [0.25, 0.3) is 0 Å². The Bertz CT molecular complexity index is 422. The molecule has 0 aliphatic heterocycles. The smallest absolute Gasteiger partial charge is 0.391 e.